The molecule has 1 aromatic heterocycles. The molecular formula is C14H25N5OS. The number of hydrogen-bond donors (Lipinski definition) is 2. The van der Waals surface area contributed by atoms with Crippen LogP contribution in [0.3, 0.4) is 0 Å². The van der Waals surface area contributed by atoms with Crippen molar-refractivity contribution in [3.05, 3.63) is 5.82 Å². The lowest BCUT2D eigenvalue weighted by molar-refractivity contribution is -0.120. The normalized spacial score (nSPS) is 16.2. The average Bonchev–Trinajstić information content (AvgIpc) is 3.19. The maximum Gasteiger partial charge on any atom is 0.233 e. The lowest BCUT2D eigenvalue weighted by Crippen LogP contribution is -2.32. The van der Waals surface area contributed by atoms with E-state index in [0.29, 0.717) is 18.5 Å². The van der Waals surface area contributed by atoms with Gasteiger partial charge in [0, 0.05) is 12.6 Å². The Morgan fingerprint density at radius 2 is 2.14 bits per heavy atom. The van der Waals surface area contributed by atoms with Crippen molar-refractivity contribution in [3.8, 4) is 0 Å². The summed E-state index contributed by atoms with van der Waals surface area (Å²) in [5, 5.41) is 11.9. The molecule has 1 heterocycles. The first-order valence-corrected chi connectivity index (χ1v) is 8.49. The van der Waals surface area contributed by atoms with Crippen LogP contribution in [0.2, 0.25) is 0 Å². The van der Waals surface area contributed by atoms with Crippen molar-refractivity contribution in [1.29, 1.82) is 0 Å². The Balaban J connectivity index is 1.91. The SMILES string of the molecule is CC(C)CCNC(=O)C(C)Sc1nnc(CN)n1C1CC1. The van der Waals surface area contributed by atoms with Gasteiger partial charge >= 0.3 is 0 Å². The molecule has 2 rings (SSSR count). The third-order valence-corrected chi connectivity index (χ3v) is 4.56. The maximum atomic E-state index is 12.1. The number of carbonyl (C=O) groups is 1. The zero-order valence-electron chi connectivity index (χ0n) is 13.0. The minimum absolute atomic E-state index is 0.0558. The van der Waals surface area contributed by atoms with Crippen LogP contribution >= 0.6 is 11.8 Å². The number of nitrogens with two attached hydrogens (primary N) is 1. The van der Waals surface area contributed by atoms with Gasteiger partial charge in [0.2, 0.25) is 5.91 Å². The molecule has 118 valence electrons. The summed E-state index contributed by atoms with van der Waals surface area (Å²) in [5.41, 5.74) is 5.70. The van der Waals surface area contributed by atoms with E-state index in [1.165, 1.54) is 11.8 Å². The van der Waals surface area contributed by atoms with Crippen LogP contribution in [0.1, 0.15) is 51.9 Å². The van der Waals surface area contributed by atoms with E-state index >= 15 is 0 Å². The summed E-state index contributed by atoms with van der Waals surface area (Å²) in [7, 11) is 0. The van der Waals surface area contributed by atoms with Crippen molar-refractivity contribution in [2.75, 3.05) is 6.54 Å². The van der Waals surface area contributed by atoms with Crippen molar-refractivity contribution in [2.45, 2.75) is 63.0 Å². The highest BCUT2D eigenvalue weighted by Crippen LogP contribution is 2.39. The van der Waals surface area contributed by atoms with Gasteiger partial charge in [-0.1, -0.05) is 25.6 Å². The van der Waals surface area contributed by atoms with Crippen molar-refractivity contribution in [1.82, 2.24) is 20.1 Å². The number of nitrogens with zero attached hydrogens (tertiary/aromatic N) is 3. The van der Waals surface area contributed by atoms with Gasteiger partial charge in [-0.3, -0.25) is 4.79 Å². The summed E-state index contributed by atoms with van der Waals surface area (Å²) in [5.74, 6) is 1.46. The van der Waals surface area contributed by atoms with Gasteiger partial charge in [0.15, 0.2) is 5.16 Å². The van der Waals surface area contributed by atoms with Crippen LogP contribution in [0.5, 0.6) is 0 Å². The Bertz CT molecular complexity index is 484. The second kappa shape index (κ2) is 7.26. The highest BCUT2D eigenvalue weighted by Gasteiger charge is 2.30. The number of rotatable bonds is 8. The molecule has 1 fully saturated rings. The summed E-state index contributed by atoms with van der Waals surface area (Å²) in [6.45, 7) is 7.32. The van der Waals surface area contributed by atoms with Crippen LogP contribution in [-0.2, 0) is 11.3 Å². The van der Waals surface area contributed by atoms with Gasteiger partial charge in [0.05, 0.1) is 11.8 Å². The Morgan fingerprint density at radius 1 is 1.43 bits per heavy atom. The Hall–Kier alpha value is -1.08. The molecule has 6 nitrogen and oxygen atoms in total. The molecule has 0 spiro atoms. The van der Waals surface area contributed by atoms with Crippen LogP contribution < -0.4 is 11.1 Å². The fraction of sp³-hybridized carbons (Fsp3) is 0.786. The van der Waals surface area contributed by atoms with Gasteiger partial charge in [-0.15, -0.1) is 10.2 Å². The highest BCUT2D eigenvalue weighted by molar-refractivity contribution is 8.00. The van der Waals surface area contributed by atoms with E-state index in [0.717, 1.165) is 36.8 Å². The van der Waals surface area contributed by atoms with Crippen LogP contribution in [-0.4, -0.2) is 32.5 Å². The van der Waals surface area contributed by atoms with E-state index in [-0.39, 0.29) is 11.2 Å². The Morgan fingerprint density at radius 3 is 2.71 bits per heavy atom. The van der Waals surface area contributed by atoms with Crippen molar-refractivity contribution < 1.29 is 4.79 Å². The van der Waals surface area contributed by atoms with E-state index in [1.54, 1.807) is 0 Å². The lowest BCUT2D eigenvalue weighted by Gasteiger charge is -2.13. The molecule has 1 atom stereocenters. The van der Waals surface area contributed by atoms with E-state index in [4.69, 9.17) is 5.73 Å². The summed E-state index contributed by atoms with van der Waals surface area (Å²) in [6, 6.07) is 0.470. The number of nitrogens with one attached hydrogen (secondary N) is 1. The fourth-order valence-corrected chi connectivity index (χ4v) is 3.03. The van der Waals surface area contributed by atoms with Gasteiger partial charge in [-0.25, -0.2) is 0 Å². The van der Waals surface area contributed by atoms with Crippen molar-refractivity contribution in [3.63, 3.8) is 0 Å². The fourth-order valence-electron chi connectivity index (χ4n) is 2.07. The van der Waals surface area contributed by atoms with Crippen molar-refractivity contribution in [2.24, 2.45) is 11.7 Å². The molecule has 1 aliphatic carbocycles. The Labute approximate surface area is 130 Å². The smallest absolute Gasteiger partial charge is 0.233 e. The molecule has 1 unspecified atom stereocenters. The monoisotopic (exact) mass is 311 g/mol. The molecule has 7 heteroatoms. The molecule has 0 bridgehead atoms. The van der Waals surface area contributed by atoms with Gasteiger partial charge in [-0.05, 0) is 32.1 Å². The molecule has 1 aliphatic rings. The largest absolute Gasteiger partial charge is 0.355 e. The predicted octanol–water partition coefficient (Wildman–Crippen LogP) is 1.71. The number of hydrogen-bond acceptors (Lipinski definition) is 5. The third-order valence-electron chi connectivity index (χ3n) is 3.50. The second-order valence-electron chi connectivity index (χ2n) is 5.94. The molecule has 0 aliphatic heterocycles. The number of thioether (sulfide) groups is 1. The molecule has 3 N–H and O–H groups in total. The average molecular weight is 311 g/mol. The highest BCUT2D eigenvalue weighted by atomic mass is 32.2. The molecule has 1 aromatic rings. The quantitative estimate of drug-likeness (QED) is 0.714. The van der Waals surface area contributed by atoms with Crippen LogP contribution in [0.15, 0.2) is 5.16 Å². The minimum Gasteiger partial charge on any atom is -0.355 e. The van der Waals surface area contributed by atoms with E-state index in [9.17, 15) is 4.79 Å². The second-order valence-corrected chi connectivity index (χ2v) is 7.25. The van der Waals surface area contributed by atoms with Crippen LogP contribution in [0.4, 0.5) is 0 Å². The maximum absolute atomic E-state index is 12.1. The molecule has 1 amide bonds. The predicted molar refractivity (Wildman–Crippen MR) is 84.0 cm³/mol. The summed E-state index contributed by atoms with van der Waals surface area (Å²) < 4.78 is 2.10. The molecule has 0 aromatic carbocycles. The lowest BCUT2D eigenvalue weighted by atomic mass is 10.1. The van der Waals surface area contributed by atoms with Gasteiger partial charge < -0.3 is 15.6 Å². The third kappa shape index (κ3) is 4.44. The zero-order chi connectivity index (χ0) is 15.4. The van der Waals surface area contributed by atoms with E-state index < -0.39 is 0 Å². The minimum atomic E-state index is -0.176. The summed E-state index contributed by atoms with van der Waals surface area (Å²) >= 11 is 1.46. The first kappa shape index (κ1) is 16.3. The molecule has 0 saturated heterocycles. The number of carbonyl (C=O) groups excluding carboxylic acids is 1. The molecule has 0 radical (unpaired) electrons. The van der Waals surface area contributed by atoms with Gasteiger partial charge in [0.25, 0.3) is 0 Å². The molecule has 1 saturated carbocycles. The molecule has 21 heavy (non-hydrogen) atoms. The zero-order valence-corrected chi connectivity index (χ0v) is 13.8. The Kier molecular flexibility index (Phi) is 5.64. The number of amides is 1. The van der Waals surface area contributed by atoms with Gasteiger partial charge in [0.1, 0.15) is 5.82 Å². The number of aromatic nitrogens is 3. The van der Waals surface area contributed by atoms with E-state index in [2.05, 4.69) is 33.9 Å². The summed E-state index contributed by atoms with van der Waals surface area (Å²) in [4.78, 5) is 12.1. The topological polar surface area (TPSA) is 85.8 Å². The van der Waals surface area contributed by atoms with Gasteiger partial charge in [-0.2, -0.15) is 0 Å². The van der Waals surface area contributed by atoms with Crippen LogP contribution in [0, 0.1) is 5.92 Å². The standard InChI is InChI=1S/C14H25N5OS/c1-9(2)6-7-16-13(20)10(3)21-14-18-17-12(8-15)19(14)11-4-5-11/h9-11H,4-8,15H2,1-3H3,(H,16,20). The first-order chi connectivity index (χ1) is 10.0. The van der Waals surface area contributed by atoms with Crippen LogP contribution in [0.25, 0.3) is 0 Å². The summed E-state index contributed by atoms with van der Waals surface area (Å²) in [6.07, 6.45) is 3.29. The first-order valence-electron chi connectivity index (χ1n) is 7.61. The van der Waals surface area contributed by atoms with E-state index in [1.807, 2.05) is 6.92 Å². The molecular weight excluding hydrogens is 286 g/mol. The van der Waals surface area contributed by atoms with Crippen molar-refractivity contribution >= 4 is 17.7 Å².